The fraction of sp³-hybridized carbons (Fsp3) is 0.308. The van der Waals surface area contributed by atoms with Crippen molar-refractivity contribution in [1.82, 2.24) is 9.69 Å². The molecule has 0 saturated heterocycles. The molecule has 10 heteroatoms. The smallest absolute Gasteiger partial charge is 0.273 e. The van der Waals surface area contributed by atoms with Crippen molar-refractivity contribution >= 4 is 40.6 Å². The number of aryl methyl sites for hydroxylation is 1. The number of aromatic nitrogens is 1. The van der Waals surface area contributed by atoms with Crippen LogP contribution in [0.5, 0.6) is 0 Å². The van der Waals surface area contributed by atoms with Gasteiger partial charge in [-0.15, -0.1) is 0 Å². The molecule has 1 atom stereocenters. The topological polar surface area (TPSA) is 131 Å². The summed E-state index contributed by atoms with van der Waals surface area (Å²) in [5.41, 5.74) is 13.6. The highest BCUT2D eigenvalue weighted by Crippen LogP contribution is 2.35. The number of halogens is 1. The number of amides is 3. The fourth-order valence-corrected chi connectivity index (χ4v) is 4.49. The molecule has 3 amide bonds. The van der Waals surface area contributed by atoms with E-state index < -0.39 is 29.6 Å². The molecule has 36 heavy (non-hydrogen) atoms. The minimum Gasteiger partial charge on any atom is -0.395 e. The van der Waals surface area contributed by atoms with E-state index >= 15 is 0 Å². The third kappa shape index (κ3) is 5.71. The molecule has 0 saturated carbocycles. The number of anilines is 2. The maximum Gasteiger partial charge on any atom is 0.273 e. The van der Waals surface area contributed by atoms with Crippen molar-refractivity contribution < 1.29 is 18.8 Å². The van der Waals surface area contributed by atoms with Gasteiger partial charge >= 0.3 is 0 Å². The van der Waals surface area contributed by atoms with Gasteiger partial charge in [0.15, 0.2) is 5.69 Å². The first-order valence-corrected chi connectivity index (χ1v) is 12.3. The van der Waals surface area contributed by atoms with Gasteiger partial charge in [0.1, 0.15) is 16.7 Å². The second-order valence-corrected chi connectivity index (χ2v) is 9.73. The molecule has 3 rings (SSSR count). The molecular weight excluding hydrogens is 481 g/mol. The second-order valence-electron chi connectivity index (χ2n) is 8.96. The fourth-order valence-electron chi connectivity index (χ4n) is 3.74. The summed E-state index contributed by atoms with van der Waals surface area (Å²) in [4.78, 5) is 40.7. The third-order valence-electron chi connectivity index (χ3n) is 5.92. The average molecular weight is 512 g/mol. The highest BCUT2D eigenvalue weighted by atomic mass is 32.1. The van der Waals surface area contributed by atoms with Crippen molar-refractivity contribution in [1.29, 1.82) is 0 Å². The van der Waals surface area contributed by atoms with Crippen molar-refractivity contribution in [3.8, 4) is 0 Å². The van der Waals surface area contributed by atoms with Gasteiger partial charge in [-0.25, -0.2) is 4.39 Å². The lowest BCUT2D eigenvalue weighted by molar-refractivity contribution is -0.122. The molecule has 0 spiro atoms. The third-order valence-corrected chi connectivity index (χ3v) is 6.77. The number of hydrogen-bond donors (Lipinski definition) is 3. The van der Waals surface area contributed by atoms with E-state index in [1.165, 1.54) is 29.2 Å². The number of nitrogens with two attached hydrogens (primary N) is 2. The number of rotatable bonds is 9. The minimum absolute atomic E-state index is 0.0215. The van der Waals surface area contributed by atoms with Crippen LogP contribution in [-0.2, 0) is 4.79 Å². The summed E-state index contributed by atoms with van der Waals surface area (Å²) >= 11 is 0.735. The Kier molecular flexibility index (Phi) is 8.41. The lowest BCUT2D eigenvalue weighted by Gasteiger charge is -2.32. The van der Waals surface area contributed by atoms with Gasteiger partial charge in [-0.3, -0.25) is 19.3 Å². The van der Waals surface area contributed by atoms with Crippen LogP contribution in [0, 0.1) is 25.6 Å². The van der Waals surface area contributed by atoms with Crippen molar-refractivity contribution in [3.63, 3.8) is 0 Å². The summed E-state index contributed by atoms with van der Waals surface area (Å²) in [5, 5.41) is 2.91. The van der Waals surface area contributed by atoms with Gasteiger partial charge < -0.3 is 16.8 Å². The summed E-state index contributed by atoms with van der Waals surface area (Å²) < 4.78 is 17.7. The van der Waals surface area contributed by atoms with Crippen molar-refractivity contribution in [3.05, 3.63) is 75.5 Å². The predicted octanol–water partition coefficient (Wildman–Crippen LogP) is 4.13. The predicted molar refractivity (Wildman–Crippen MR) is 139 cm³/mol. The maximum atomic E-state index is 14.0. The molecule has 1 heterocycles. The van der Waals surface area contributed by atoms with E-state index in [2.05, 4.69) is 9.69 Å². The summed E-state index contributed by atoms with van der Waals surface area (Å²) in [6, 6.07) is 9.67. The van der Waals surface area contributed by atoms with Gasteiger partial charge in [-0.1, -0.05) is 38.1 Å². The Hall–Kier alpha value is -3.79. The van der Waals surface area contributed by atoms with Gasteiger partial charge in [0.25, 0.3) is 11.8 Å². The summed E-state index contributed by atoms with van der Waals surface area (Å²) in [6.45, 7) is 8.21. The zero-order valence-electron chi connectivity index (χ0n) is 20.7. The Balaban J connectivity index is 2.21. The van der Waals surface area contributed by atoms with E-state index in [0.29, 0.717) is 23.7 Å². The zero-order chi connectivity index (χ0) is 26.6. The number of nitrogen functional groups attached to an aromatic ring is 1. The van der Waals surface area contributed by atoms with E-state index in [1.54, 1.807) is 12.1 Å². The van der Waals surface area contributed by atoms with Crippen LogP contribution >= 0.6 is 11.5 Å². The van der Waals surface area contributed by atoms with Crippen LogP contribution in [0.2, 0.25) is 0 Å². The van der Waals surface area contributed by atoms with Crippen LogP contribution in [0.25, 0.3) is 0 Å². The average Bonchev–Trinajstić information content (AvgIpc) is 3.21. The van der Waals surface area contributed by atoms with Crippen LogP contribution in [0.1, 0.15) is 63.2 Å². The molecule has 5 N–H and O–H groups in total. The Morgan fingerprint density at radius 2 is 1.78 bits per heavy atom. The molecule has 0 radical (unpaired) electrons. The number of nitrogens with one attached hydrogen (secondary N) is 1. The minimum atomic E-state index is -1.15. The molecule has 2 aromatic carbocycles. The van der Waals surface area contributed by atoms with Gasteiger partial charge in [-0.2, -0.15) is 4.37 Å². The van der Waals surface area contributed by atoms with Crippen LogP contribution in [0.3, 0.4) is 0 Å². The molecule has 0 aliphatic carbocycles. The molecule has 190 valence electrons. The SMILES string of the molecule is Cc1cccc(N(C(=O)c2snc(C(N)=O)c2N)[C@H](C(=O)NCCC(C)C)c2ccc(F)cc2)c1C. The maximum absolute atomic E-state index is 14.0. The highest BCUT2D eigenvalue weighted by Gasteiger charge is 2.36. The zero-order valence-corrected chi connectivity index (χ0v) is 21.5. The number of benzene rings is 2. The Labute approximate surface area is 213 Å². The molecule has 0 bridgehead atoms. The van der Waals surface area contributed by atoms with Crippen molar-refractivity contribution in [2.75, 3.05) is 17.2 Å². The van der Waals surface area contributed by atoms with Crippen LogP contribution < -0.4 is 21.7 Å². The summed E-state index contributed by atoms with van der Waals surface area (Å²) in [5.74, 6) is -2.03. The van der Waals surface area contributed by atoms with Gasteiger partial charge in [0.2, 0.25) is 5.91 Å². The number of nitrogens with zero attached hydrogens (tertiary/aromatic N) is 2. The first-order chi connectivity index (χ1) is 17.0. The van der Waals surface area contributed by atoms with Crippen molar-refractivity contribution in [2.45, 2.75) is 40.2 Å². The number of hydrogen-bond acceptors (Lipinski definition) is 6. The Bertz CT molecular complexity index is 1270. The highest BCUT2D eigenvalue weighted by molar-refractivity contribution is 7.09. The van der Waals surface area contributed by atoms with Crippen LogP contribution in [0.15, 0.2) is 42.5 Å². The molecule has 3 aromatic rings. The number of primary amides is 1. The van der Waals surface area contributed by atoms with Crippen LogP contribution in [0.4, 0.5) is 15.8 Å². The van der Waals surface area contributed by atoms with Gasteiger partial charge in [0.05, 0.1) is 5.69 Å². The lowest BCUT2D eigenvalue weighted by Crippen LogP contribution is -2.44. The molecule has 8 nitrogen and oxygen atoms in total. The lowest BCUT2D eigenvalue weighted by atomic mass is 9.99. The largest absolute Gasteiger partial charge is 0.395 e. The number of carbonyl (C=O) groups excluding carboxylic acids is 3. The van der Waals surface area contributed by atoms with E-state index in [4.69, 9.17) is 11.5 Å². The molecule has 0 aliphatic rings. The standard InChI is InChI=1S/C26H30FN5O3S/c1-14(2)12-13-30-25(34)22(17-8-10-18(27)11-9-17)32(19-7-5-6-15(3)16(19)4)26(35)23-20(28)21(24(29)33)31-36-23/h5-11,14,22H,12-13,28H2,1-4H3,(H2,29,33)(H,30,34)/t22-/m0/s1. The van der Waals surface area contributed by atoms with E-state index in [-0.39, 0.29) is 16.3 Å². The van der Waals surface area contributed by atoms with E-state index in [0.717, 1.165) is 29.1 Å². The van der Waals surface area contributed by atoms with E-state index in [9.17, 15) is 18.8 Å². The van der Waals surface area contributed by atoms with Gasteiger partial charge in [-0.05, 0) is 72.6 Å². The number of carbonyl (C=O) groups is 3. The quantitative estimate of drug-likeness (QED) is 0.397. The summed E-state index contributed by atoms with van der Waals surface area (Å²) in [6.07, 6.45) is 0.739. The van der Waals surface area contributed by atoms with E-state index in [1.807, 2.05) is 33.8 Å². The molecule has 1 aromatic heterocycles. The molecule has 0 unspecified atom stereocenters. The second kappa shape index (κ2) is 11.3. The van der Waals surface area contributed by atoms with Gasteiger partial charge in [0, 0.05) is 12.2 Å². The monoisotopic (exact) mass is 511 g/mol. The van der Waals surface area contributed by atoms with Crippen LogP contribution in [-0.4, -0.2) is 28.6 Å². The van der Waals surface area contributed by atoms with Crippen molar-refractivity contribution in [2.24, 2.45) is 11.7 Å². The molecular formula is C26H30FN5O3S. The Morgan fingerprint density at radius 1 is 1.11 bits per heavy atom. The summed E-state index contributed by atoms with van der Waals surface area (Å²) in [7, 11) is 0. The molecule has 0 aliphatic heterocycles. The Morgan fingerprint density at radius 3 is 2.36 bits per heavy atom. The first-order valence-electron chi connectivity index (χ1n) is 11.5. The molecule has 0 fully saturated rings. The normalized spacial score (nSPS) is 11.8. The first kappa shape index (κ1) is 26.8.